The van der Waals surface area contributed by atoms with Gasteiger partial charge in [0.05, 0.1) is 17.1 Å². The molecule has 5 nitrogen and oxygen atoms in total. The van der Waals surface area contributed by atoms with Crippen molar-refractivity contribution >= 4 is 21.4 Å². The van der Waals surface area contributed by atoms with Gasteiger partial charge in [0.15, 0.2) is 9.84 Å². The summed E-state index contributed by atoms with van der Waals surface area (Å²) in [6, 6.07) is 5.22. The van der Waals surface area contributed by atoms with E-state index < -0.39 is 9.84 Å². The highest BCUT2D eigenvalue weighted by Crippen LogP contribution is 2.23. The van der Waals surface area contributed by atoms with E-state index in [1.807, 2.05) is 13.0 Å². The summed E-state index contributed by atoms with van der Waals surface area (Å²) in [7, 11) is -0.0127. The number of aryl methyl sites for hydroxylation is 1. The predicted molar refractivity (Wildman–Crippen MR) is 76.1 cm³/mol. The first-order valence-electron chi connectivity index (χ1n) is 6.02. The number of amides is 1. The molecule has 0 aliphatic carbocycles. The molecule has 0 bridgehead atoms. The number of anilines is 1. The summed E-state index contributed by atoms with van der Waals surface area (Å²) >= 11 is 0. The predicted octanol–water partition coefficient (Wildman–Crippen LogP) is 1.15. The molecule has 6 heteroatoms. The van der Waals surface area contributed by atoms with E-state index in [1.165, 1.54) is 11.2 Å². The Labute approximate surface area is 114 Å². The average Bonchev–Trinajstić information content (AvgIpc) is 2.34. The van der Waals surface area contributed by atoms with E-state index in [1.54, 1.807) is 26.2 Å². The van der Waals surface area contributed by atoms with Gasteiger partial charge in [0.2, 0.25) is 5.91 Å². The number of benzene rings is 1. The molecule has 0 aromatic heterocycles. The number of carbonyl (C=O) groups is 1. The molecule has 1 amide bonds. The average molecular weight is 284 g/mol. The topological polar surface area (TPSA) is 66.5 Å². The number of hydrogen-bond donors (Lipinski definition) is 1. The molecule has 106 valence electrons. The lowest BCUT2D eigenvalue weighted by molar-refractivity contribution is -0.126. The van der Waals surface area contributed by atoms with Crippen molar-refractivity contribution in [2.24, 2.45) is 0 Å². The molecule has 1 aromatic rings. The quantitative estimate of drug-likeness (QED) is 0.881. The highest BCUT2D eigenvalue weighted by atomic mass is 32.2. The van der Waals surface area contributed by atoms with Crippen molar-refractivity contribution in [2.45, 2.75) is 18.2 Å². The Morgan fingerprint density at radius 1 is 1.32 bits per heavy atom. The molecule has 0 radical (unpaired) electrons. The molecule has 0 fully saturated rings. The minimum atomic E-state index is -3.32. The number of likely N-dealkylation sites (N-methyl/N-ethyl adjacent to an activating group) is 1. The molecule has 0 heterocycles. The Morgan fingerprint density at radius 2 is 1.95 bits per heavy atom. The van der Waals surface area contributed by atoms with Gasteiger partial charge in [0, 0.05) is 20.4 Å². The van der Waals surface area contributed by atoms with Crippen molar-refractivity contribution in [2.75, 3.05) is 32.2 Å². The summed E-state index contributed by atoms with van der Waals surface area (Å²) in [6.07, 6.45) is 1.93. The van der Waals surface area contributed by atoms with Crippen LogP contribution in [0.5, 0.6) is 0 Å². The van der Waals surface area contributed by atoms with Gasteiger partial charge in [-0.25, -0.2) is 8.42 Å². The summed E-state index contributed by atoms with van der Waals surface area (Å²) in [6.45, 7) is 2.03. The maximum atomic E-state index is 11.8. The number of rotatable bonds is 5. The Balaban J connectivity index is 3.04. The third kappa shape index (κ3) is 4.24. The smallest absolute Gasteiger partial charge is 0.241 e. The molecule has 1 N–H and O–H groups in total. The molecule has 19 heavy (non-hydrogen) atoms. The van der Waals surface area contributed by atoms with Crippen molar-refractivity contribution in [3.63, 3.8) is 0 Å². The molecule has 1 aromatic carbocycles. The zero-order chi connectivity index (χ0) is 14.6. The first-order chi connectivity index (χ1) is 8.75. The first kappa shape index (κ1) is 15.5. The highest BCUT2D eigenvalue weighted by Gasteiger charge is 2.15. The maximum Gasteiger partial charge on any atom is 0.241 e. The zero-order valence-corrected chi connectivity index (χ0v) is 12.5. The standard InChI is InChI=1S/C13H20N2O3S/c1-5-10-6-7-11(12(8-10)19(4,17)18)14-9-13(16)15(2)3/h6-8,14H,5,9H2,1-4H3. The van der Waals surface area contributed by atoms with Crippen LogP contribution in [0.1, 0.15) is 12.5 Å². The van der Waals surface area contributed by atoms with Crippen LogP contribution in [0, 0.1) is 0 Å². The number of nitrogens with zero attached hydrogens (tertiary/aromatic N) is 1. The Kier molecular flexibility index (Phi) is 4.94. The van der Waals surface area contributed by atoms with Crippen molar-refractivity contribution in [3.05, 3.63) is 23.8 Å². The molecule has 0 saturated carbocycles. The lowest BCUT2D eigenvalue weighted by Gasteiger charge is -2.14. The minimum Gasteiger partial charge on any atom is -0.375 e. The molecular weight excluding hydrogens is 264 g/mol. The summed E-state index contributed by atoms with van der Waals surface area (Å²) in [5.74, 6) is -0.112. The fourth-order valence-electron chi connectivity index (χ4n) is 1.57. The van der Waals surface area contributed by atoms with E-state index in [4.69, 9.17) is 0 Å². The summed E-state index contributed by atoms with van der Waals surface area (Å²) < 4.78 is 23.5. The molecule has 0 atom stereocenters. The second-order valence-electron chi connectivity index (χ2n) is 4.60. The fourth-order valence-corrected chi connectivity index (χ4v) is 2.47. The van der Waals surface area contributed by atoms with Gasteiger partial charge in [-0.15, -0.1) is 0 Å². The second kappa shape index (κ2) is 6.06. The highest BCUT2D eigenvalue weighted by molar-refractivity contribution is 7.90. The van der Waals surface area contributed by atoms with Gasteiger partial charge in [0.25, 0.3) is 0 Å². The van der Waals surface area contributed by atoms with Crippen LogP contribution in [0.25, 0.3) is 0 Å². The van der Waals surface area contributed by atoms with E-state index in [-0.39, 0.29) is 17.3 Å². The van der Waals surface area contributed by atoms with Crippen molar-refractivity contribution in [1.29, 1.82) is 0 Å². The SMILES string of the molecule is CCc1ccc(NCC(=O)N(C)C)c(S(C)(=O)=O)c1. The van der Waals surface area contributed by atoms with Crippen LogP contribution in [0.15, 0.2) is 23.1 Å². The summed E-state index contributed by atoms with van der Waals surface area (Å²) in [5.41, 5.74) is 1.42. The van der Waals surface area contributed by atoms with Gasteiger partial charge in [-0.1, -0.05) is 13.0 Å². The molecular formula is C13H20N2O3S. The van der Waals surface area contributed by atoms with Crippen molar-refractivity contribution in [1.82, 2.24) is 4.90 Å². The lowest BCUT2D eigenvalue weighted by Crippen LogP contribution is -2.29. The molecule has 0 unspecified atom stereocenters. The maximum absolute atomic E-state index is 11.8. The van der Waals surface area contributed by atoms with Crippen LogP contribution in [-0.4, -0.2) is 46.1 Å². The lowest BCUT2D eigenvalue weighted by atomic mass is 10.1. The monoisotopic (exact) mass is 284 g/mol. The van der Waals surface area contributed by atoms with Crippen molar-refractivity contribution < 1.29 is 13.2 Å². The third-order valence-electron chi connectivity index (χ3n) is 2.78. The van der Waals surface area contributed by atoms with Gasteiger partial charge in [-0.2, -0.15) is 0 Å². The van der Waals surface area contributed by atoms with E-state index >= 15 is 0 Å². The van der Waals surface area contributed by atoms with Crippen LogP contribution in [0.2, 0.25) is 0 Å². The number of sulfone groups is 1. The van der Waals surface area contributed by atoms with Gasteiger partial charge in [-0.3, -0.25) is 4.79 Å². The van der Waals surface area contributed by atoms with Crippen LogP contribution in [-0.2, 0) is 21.1 Å². The van der Waals surface area contributed by atoms with E-state index in [2.05, 4.69) is 5.32 Å². The van der Waals surface area contributed by atoms with Crippen LogP contribution in [0.4, 0.5) is 5.69 Å². The van der Waals surface area contributed by atoms with Gasteiger partial charge >= 0.3 is 0 Å². The number of nitrogens with one attached hydrogen (secondary N) is 1. The Hall–Kier alpha value is -1.56. The van der Waals surface area contributed by atoms with E-state index in [0.717, 1.165) is 12.0 Å². The number of hydrogen-bond acceptors (Lipinski definition) is 4. The van der Waals surface area contributed by atoms with Crippen LogP contribution >= 0.6 is 0 Å². The summed E-state index contributed by atoms with van der Waals surface area (Å²) in [4.78, 5) is 13.2. The first-order valence-corrected chi connectivity index (χ1v) is 7.92. The van der Waals surface area contributed by atoms with Gasteiger partial charge in [-0.05, 0) is 24.1 Å². The molecule has 0 aliphatic heterocycles. The fraction of sp³-hybridized carbons (Fsp3) is 0.462. The minimum absolute atomic E-state index is 0.0704. The third-order valence-corrected chi connectivity index (χ3v) is 3.92. The number of carbonyl (C=O) groups excluding carboxylic acids is 1. The second-order valence-corrected chi connectivity index (χ2v) is 6.58. The van der Waals surface area contributed by atoms with E-state index in [0.29, 0.717) is 5.69 Å². The molecule has 0 saturated heterocycles. The van der Waals surface area contributed by atoms with E-state index in [9.17, 15) is 13.2 Å². The molecule has 0 spiro atoms. The largest absolute Gasteiger partial charge is 0.375 e. The van der Waals surface area contributed by atoms with Crippen molar-refractivity contribution in [3.8, 4) is 0 Å². The Morgan fingerprint density at radius 3 is 2.42 bits per heavy atom. The van der Waals surface area contributed by atoms with Gasteiger partial charge in [0.1, 0.15) is 0 Å². The molecule has 1 rings (SSSR count). The van der Waals surface area contributed by atoms with Gasteiger partial charge < -0.3 is 10.2 Å². The van der Waals surface area contributed by atoms with Crippen LogP contribution in [0.3, 0.4) is 0 Å². The Bertz CT molecular complexity index is 565. The summed E-state index contributed by atoms with van der Waals surface area (Å²) in [5, 5.41) is 2.88. The normalized spacial score (nSPS) is 11.2. The zero-order valence-electron chi connectivity index (χ0n) is 11.7. The molecule has 0 aliphatic rings. The van der Waals surface area contributed by atoms with Crippen LogP contribution < -0.4 is 5.32 Å².